The highest BCUT2D eigenvalue weighted by Gasteiger charge is 2.10. The number of hydrogen-bond acceptors (Lipinski definition) is 0. The minimum atomic E-state index is 0.954. The first-order chi connectivity index (χ1) is 7.33. The van der Waals surface area contributed by atoms with E-state index >= 15 is 0 Å². The smallest absolute Gasteiger partial charge is 0.239 e. The third kappa shape index (κ3) is 1.33. The Labute approximate surface area is 91.0 Å². The van der Waals surface area contributed by atoms with Crippen LogP contribution in [0.1, 0.15) is 11.3 Å². The van der Waals surface area contributed by atoms with E-state index in [0.29, 0.717) is 0 Å². The predicted molar refractivity (Wildman–Crippen MR) is 70.5 cm³/mol. The summed E-state index contributed by atoms with van der Waals surface area (Å²) in [6.07, 6.45) is 3.81. The van der Waals surface area contributed by atoms with Gasteiger partial charge in [-0.05, 0) is 12.1 Å². The Kier molecular flexibility index (Phi) is 2.50. The van der Waals surface area contributed by atoms with Gasteiger partial charge in [0.2, 0.25) is 7.41 Å². The van der Waals surface area contributed by atoms with E-state index in [4.69, 9.17) is 0 Å². The molecule has 2 aromatic rings. The lowest BCUT2D eigenvalue weighted by molar-refractivity contribution is 1.26. The largest absolute Gasteiger partial charge is 0.389 e. The molecule has 1 aromatic carbocycles. The van der Waals surface area contributed by atoms with Gasteiger partial charge in [0.05, 0.1) is 0 Å². The van der Waals surface area contributed by atoms with Crippen molar-refractivity contribution in [3.63, 3.8) is 0 Å². The molecule has 0 N–H and O–H groups in total. The molecule has 0 atom stereocenters. The van der Waals surface area contributed by atoms with E-state index in [0.717, 1.165) is 13.1 Å². The highest BCUT2D eigenvalue weighted by Crippen LogP contribution is 2.27. The molecule has 0 spiro atoms. The molecule has 2 heteroatoms. The van der Waals surface area contributed by atoms with Crippen LogP contribution in [0.25, 0.3) is 23.1 Å². The molecule has 15 heavy (non-hydrogen) atoms. The third-order valence-corrected chi connectivity index (χ3v) is 2.77. The van der Waals surface area contributed by atoms with E-state index in [1.165, 1.54) is 16.5 Å². The van der Waals surface area contributed by atoms with Gasteiger partial charge in [-0.1, -0.05) is 44.3 Å². The summed E-state index contributed by atoms with van der Waals surface area (Å²) in [4.78, 5) is 0. The summed E-state index contributed by atoms with van der Waals surface area (Å²) in [7, 11) is 0.954. The SMILES string of the molecule is C=Cc1c(C=C)n(BC)c2ccccc12. The Hall–Kier alpha value is -1.70. The Morgan fingerprint density at radius 3 is 2.53 bits per heavy atom. The molecule has 0 aliphatic rings. The van der Waals surface area contributed by atoms with Gasteiger partial charge in [-0.25, -0.2) is 0 Å². The predicted octanol–water partition coefficient (Wildman–Crippen LogP) is 3.18. The van der Waals surface area contributed by atoms with Crippen molar-refractivity contribution < 1.29 is 0 Å². The highest BCUT2D eigenvalue weighted by atomic mass is 14.9. The molecule has 0 aliphatic carbocycles. The molecule has 74 valence electrons. The zero-order chi connectivity index (χ0) is 10.8. The molecule has 1 heterocycles. The fourth-order valence-electron chi connectivity index (χ4n) is 2.13. The van der Waals surface area contributed by atoms with Crippen LogP contribution >= 0.6 is 0 Å². The fourth-order valence-corrected chi connectivity index (χ4v) is 2.13. The number of aromatic nitrogens is 1. The van der Waals surface area contributed by atoms with Crippen molar-refractivity contribution >= 4 is 30.5 Å². The number of nitrogens with zero attached hydrogens (tertiary/aromatic N) is 1. The van der Waals surface area contributed by atoms with Gasteiger partial charge >= 0.3 is 0 Å². The van der Waals surface area contributed by atoms with E-state index in [2.05, 4.69) is 48.7 Å². The first-order valence-electron chi connectivity index (χ1n) is 5.19. The second-order valence-corrected chi connectivity index (χ2v) is 3.47. The quantitative estimate of drug-likeness (QED) is 0.663. The normalized spacial score (nSPS) is 10.2. The van der Waals surface area contributed by atoms with Crippen molar-refractivity contribution in [1.29, 1.82) is 0 Å². The van der Waals surface area contributed by atoms with Crippen LogP contribution in [0.15, 0.2) is 37.4 Å². The van der Waals surface area contributed by atoms with E-state index < -0.39 is 0 Å². The van der Waals surface area contributed by atoms with Crippen LogP contribution in [0.4, 0.5) is 0 Å². The molecule has 1 aromatic heterocycles. The van der Waals surface area contributed by atoms with Crippen molar-refractivity contribution in [2.24, 2.45) is 0 Å². The molecule has 0 amide bonds. The number of para-hydroxylation sites is 1. The summed E-state index contributed by atoms with van der Waals surface area (Å²) < 4.78 is 2.26. The van der Waals surface area contributed by atoms with Crippen molar-refractivity contribution in [3.05, 3.63) is 48.7 Å². The molecule has 1 nitrogen and oxygen atoms in total. The lowest BCUT2D eigenvalue weighted by Gasteiger charge is -2.03. The van der Waals surface area contributed by atoms with Gasteiger partial charge in [0.25, 0.3) is 0 Å². The summed E-state index contributed by atoms with van der Waals surface area (Å²) in [6.45, 7) is 9.90. The van der Waals surface area contributed by atoms with E-state index in [1.807, 2.05) is 12.2 Å². The summed E-state index contributed by atoms with van der Waals surface area (Å²) in [6, 6.07) is 8.39. The van der Waals surface area contributed by atoms with Gasteiger partial charge in [0.15, 0.2) is 0 Å². The first kappa shape index (κ1) is 9.84. The Morgan fingerprint density at radius 2 is 1.93 bits per heavy atom. The molecule has 0 bridgehead atoms. The van der Waals surface area contributed by atoms with Crippen LogP contribution in [0, 0.1) is 0 Å². The molecule has 0 fully saturated rings. The van der Waals surface area contributed by atoms with E-state index in [-0.39, 0.29) is 0 Å². The Morgan fingerprint density at radius 1 is 1.20 bits per heavy atom. The van der Waals surface area contributed by atoms with Crippen molar-refractivity contribution in [2.45, 2.75) is 6.82 Å². The van der Waals surface area contributed by atoms with Gasteiger partial charge in [0, 0.05) is 22.2 Å². The molecule has 0 saturated heterocycles. The van der Waals surface area contributed by atoms with Crippen LogP contribution in [-0.2, 0) is 0 Å². The maximum atomic E-state index is 3.88. The van der Waals surface area contributed by atoms with Gasteiger partial charge in [0.1, 0.15) is 0 Å². The molecule has 0 aliphatic heterocycles. The molecular formula is C13H14BN. The number of rotatable bonds is 3. The van der Waals surface area contributed by atoms with Gasteiger partial charge < -0.3 is 4.48 Å². The Balaban J connectivity index is 2.94. The molecule has 0 saturated carbocycles. The summed E-state index contributed by atoms with van der Waals surface area (Å²) in [5, 5.41) is 1.25. The average Bonchev–Trinajstić information content (AvgIpc) is 2.61. The third-order valence-electron chi connectivity index (χ3n) is 2.77. The monoisotopic (exact) mass is 195 g/mol. The van der Waals surface area contributed by atoms with Crippen molar-refractivity contribution in [3.8, 4) is 0 Å². The summed E-state index contributed by atoms with van der Waals surface area (Å²) >= 11 is 0. The van der Waals surface area contributed by atoms with Gasteiger partial charge in [-0.3, -0.25) is 0 Å². The molecule has 2 rings (SSSR count). The molecular weight excluding hydrogens is 181 g/mol. The first-order valence-corrected chi connectivity index (χ1v) is 5.19. The zero-order valence-electron chi connectivity index (χ0n) is 9.03. The van der Waals surface area contributed by atoms with E-state index in [1.54, 1.807) is 0 Å². The molecule has 0 unspecified atom stereocenters. The van der Waals surface area contributed by atoms with Crippen LogP contribution in [0.3, 0.4) is 0 Å². The summed E-state index contributed by atoms with van der Waals surface area (Å²) in [5.74, 6) is 0. The van der Waals surface area contributed by atoms with E-state index in [9.17, 15) is 0 Å². The minimum absolute atomic E-state index is 0.954. The van der Waals surface area contributed by atoms with Crippen LogP contribution in [-0.4, -0.2) is 11.9 Å². The second kappa shape index (κ2) is 3.81. The number of benzene rings is 1. The van der Waals surface area contributed by atoms with Crippen LogP contribution < -0.4 is 0 Å². The lowest BCUT2D eigenvalue weighted by Crippen LogP contribution is -2.03. The van der Waals surface area contributed by atoms with Crippen molar-refractivity contribution in [2.75, 3.05) is 0 Å². The Bertz CT molecular complexity index is 523. The topological polar surface area (TPSA) is 4.93 Å². The minimum Gasteiger partial charge on any atom is -0.389 e. The zero-order valence-corrected chi connectivity index (χ0v) is 9.03. The maximum Gasteiger partial charge on any atom is 0.239 e. The summed E-state index contributed by atoms with van der Waals surface area (Å²) in [5.41, 5.74) is 3.60. The van der Waals surface area contributed by atoms with Crippen LogP contribution in [0.5, 0.6) is 0 Å². The van der Waals surface area contributed by atoms with Gasteiger partial charge in [-0.15, -0.1) is 0 Å². The van der Waals surface area contributed by atoms with Gasteiger partial charge in [-0.2, -0.15) is 0 Å². The highest BCUT2D eigenvalue weighted by molar-refractivity contribution is 6.34. The number of fused-ring (bicyclic) bond motifs is 1. The standard InChI is InChI=1S/C13H14BN/c1-4-10-11-8-6-7-9-13(11)15(14-3)12(10)5-2/h4-9,14H,1-2H2,3H3. The fraction of sp³-hybridized carbons (Fsp3) is 0.0769. The second-order valence-electron chi connectivity index (χ2n) is 3.47. The van der Waals surface area contributed by atoms with Crippen LogP contribution in [0.2, 0.25) is 6.82 Å². The van der Waals surface area contributed by atoms with Crippen molar-refractivity contribution in [1.82, 2.24) is 4.48 Å². The molecule has 0 radical (unpaired) electrons. The number of hydrogen-bond donors (Lipinski definition) is 0. The maximum absolute atomic E-state index is 3.88. The average molecular weight is 195 g/mol. The lowest BCUT2D eigenvalue weighted by atomic mass is 9.98.